The lowest BCUT2D eigenvalue weighted by molar-refractivity contribution is 0.0735. The van der Waals surface area contributed by atoms with E-state index in [1.54, 1.807) is 24.3 Å². The molecule has 3 aromatic carbocycles. The van der Waals surface area contributed by atoms with E-state index in [0.29, 0.717) is 29.5 Å². The van der Waals surface area contributed by atoms with E-state index in [9.17, 15) is 9.59 Å². The third-order valence-corrected chi connectivity index (χ3v) is 7.93. The van der Waals surface area contributed by atoms with Gasteiger partial charge in [-0.1, -0.05) is 42.5 Å². The first kappa shape index (κ1) is 24.3. The van der Waals surface area contributed by atoms with Crippen LogP contribution >= 0.6 is 11.3 Å². The van der Waals surface area contributed by atoms with E-state index < -0.39 is 0 Å². The van der Waals surface area contributed by atoms with E-state index in [-0.39, 0.29) is 17.6 Å². The number of nitrogens with one attached hydrogen (secondary N) is 3. The van der Waals surface area contributed by atoms with Gasteiger partial charge in [-0.25, -0.2) is 4.98 Å². The van der Waals surface area contributed by atoms with Crippen LogP contribution in [0.5, 0.6) is 0 Å². The molecule has 198 valence electrons. The number of rotatable bonds is 5. The van der Waals surface area contributed by atoms with Gasteiger partial charge in [-0.3, -0.25) is 14.9 Å². The Hall–Kier alpha value is -4.73. The van der Waals surface area contributed by atoms with Gasteiger partial charge in [0.15, 0.2) is 10.9 Å². The quantitative estimate of drug-likeness (QED) is 0.246. The number of anilines is 1. The lowest BCUT2D eigenvalue weighted by Gasteiger charge is -2.27. The second-order valence-corrected chi connectivity index (χ2v) is 10.6. The standard InChI is InChI=1S/C31H25N5O3S/c37-29(28-12-11-27(39-28)19-5-7-20(8-6-19)30(38)36-15-13-32-14-16-36)35-31-34-26(18-40-31)21-9-10-23-22-3-1-2-4-24(22)33-25(23)17-21/h1-12,17-18,32-33H,13-16H2,(H,34,35,37). The van der Waals surface area contributed by atoms with Gasteiger partial charge < -0.3 is 19.6 Å². The van der Waals surface area contributed by atoms with Crippen LogP contribution in [0.1, 0.15) is 20.9 Å². The number of hydrogen-bond acceptors (Lipinski definition) is 6. The highest BCUT2D eigenvalue weighted by Gasteiger charge is 2.19. The van der Waals surface area contributed by atoms with Gasteiger partial charge in [0, 0.05) is 70.1 Å². The first-order chi connectivity index (χ1) is 19.6. The van der Waals surface area contributed by atoms with Crippen molar-refractivity contribution >= 4 is 50.1 Å². The Kier molecular flexibility index (Phi) is 6.14. The van der Waals surface area contributed by atoms with E-state index in [0.717, 1.165) is 46.3 Å². The molecule has 0 bridgehead atoms. The predicted molar refractivity (Wildman–Crippen MR) is 158 cm³/mol. The first-order valence-corrected chi connectivity index (χ1v) is 14.0. The molecule has 8 nitrogen and oxygen atoms in total. The molecular weight excluding hydrogens is 522 g/mol. The molecule has 1 aliphatic rings. The summed E-state index contributed by atoms with van der Waals surface area (Å²) in [4.78, 5) is 35.6. The summed E-state index contributed by atoms with van der Waals surface area (Å²) >= 11 is 1.36. The van der Waals surface area contributed by atoms with Crippen LogP contribution in [-0.2, 0) is 0 Å². The molecule has 3 N–H and O–H groups in total. The summed E-state index contributed by atoms with van der Waals surface area (Å²) in [5.74, 6) is 0.394. The molecular formula is C31H25N5O3S. The lowest BCUT2D eigenvalue weighted by atomic mass is 10.1. The van der Waals surface area contributed by atoms with Crippen molar-refractivity contribution in [3.8, 4) is 22.6 Å². The number of furan rings is 1. The van der Waals surface area contributed by atoms with Crippen molar-refractivity contribution in [2.45, 2.75) is 0 Å². The normalized spacial score (nSPS) is 13.7. The van der Waals surface area contributed by atoms with Crippen molar-refractivity contribution < 1.29 is 14.0 Å². The summed E-state index contributed by atoms with van der Waals surface area (Å²) in [6.45, 7) is 3.03. The molecule has 1 aliphatic heterocycles. The van der Waals surface area contributed by atoms with Crippen LogP contribution in [-0.4, -0.2) is 52.9 Å². The summed E-state index contributed by atoms with van der Waals surface area (Å²) in [7, 11) is 0. The number of para-hydroxylation sites is 1. The number of carbonyl (C=O) groups excluding carboxylic acids is 2. The monoisotopic (exact) mass is 547 g/mol. The second kappa shape index (κ2) is 10.1. The molecule has 2 amide bonds. The maximum Gasteiger partial charge on any atom is 0.293 e. The van der Waals surface area contributed by atoms with E-state index in [4.69, 9.17) is 4.42 Å². The Labute approximate surface area is 233 Å². The molecule has 0 unspecified atom stereocenters. The number of benzene rings is 3. The Morgan fingerprint density at radius 1 is 0.875 bits per heavy atom. The summed E-state index contributed by atoms with van der Waals surface area (Å²) in [5.41, 5.74) is 5.32. The van der Waals surface area contributed by atoms with Crippen molar-refractivity contribution in [2.24, 2.45) is 0 Å². The molecule has 0 spiro atoms. The highest BCUT2D eigenvalue weighted by molar-refractivity contribution is 7.14. The molecule has 1 saturated heterocycles. The van der Waals surface area contributed by atoms with Crippen molar-refractivity contribution in [1.29, 1.82) is 0 Å². The Balaban J connectivity index is 1.04. The number of aromatic amines is 1. The van der Waals surface area contributed by atoms with Gasteiger partial charge in [-0.05, 0) is 36.4 Å². The zero-order valence-corrected chi connectivity index (χ0v) is 22.3. The highest BCUT2D eigenvalue weighted by atomic mass is 32.1. The van der Waals surface area contributed by atoms with Crippen molar-refractivity contribution in [3.05, 3.63) is 95.6 Å². The lowest BCUT2D eigenvalue weighted by Crippen LogP contribution is -2.46. The maximum atomic E-state index is 12.9. The van der Waals surface area contributed by atoms with Crippen LogP contribution < -0.4 is 10.6 Å². The predicted octanol–water partition coefficient (Wildman–Crippen LogP) is 6.00. The average Bonchev–Trinajstić information content (AvgIpc) is 3.76. The molecule has 3 aromatic heterocycles. The number of aromatic nitrogens is 2. The van der Waals surface area contributed by atoms with E-state index >= 15 is 0 Å². The number of H-pyrrole nitrogens is 1. The van der Waals surface area contributed by atoms with Gasteiger partial charge in [0.1, 0.15) is 5.76 Å². The fourth-order valence-corrected chi connectivity index (χ4v) is 5.79. The molecule has 0 atom stereocenters. The smallest absolute Gasteiger partial charge is 0.293 e. The third kappa shape index (κ3) is 4.55. The zero-order valence-electron chi connectivity index (χ0n) is 21.4. The Morgan fingerprint density at radius 2 is 1.65 bits per heavy atom. The summed E-state index contributed by atoms with van der Waals surface area (Å²) in [6, 6.07) is 25.1. The number of amides is 2. The SMILES string of the molecule is O=C(Nc1nc(-c2ccc3c(c2)[nH]c2ccccc23)cs1)c1ccc(-c2ccc(C(=O)N3CCNCC3)cc2)o1. The third-order valence-electron chi connectivity index (χ3n) is 7.18. The van der Waals surface area contributed by atoms with E-state index in [1.165, 1.54) is 16.7 Å². The van der Waals surface area contributed by atoms with Crippen LogP contribution in [0.25, 0.3) is 44.4 Å². The van der Waals surface area contributed by atoms with Gasteiger partial charge in [-0.2, -0.15) is 0 Å². The van der Waals surface area contributed by atoms with Gasteiger partial charge in [0.2, 0.25) is 0 Å². The number of thiazole rings is 1. The largest absolute Gasteiger partial charge is 0.451 e. The minimum Gasteiger partial charge on any atom is -0.451 e. The molecule has 1 fully saturated rings. The van der Waals surface area contributed by atoms with Crippen LogP contribution in [0.2, 0.25) is 0 Å². The van der Waals surface area contributed by atoms with Gasteiger partial charge in [-0.15, -0.1) is 11.3 Å². The topological polar surface area (TPSA) is 103 Å². The molecule has 6 aromatic rings. The van der Waals surface area contributed by atoms with Crippen LogP contribution in [0.3, 0.4) is 0 Å². The highest BCUT2D eigenvalue weighted by Crippen LogP contribution is 2.31. The molecule has 4 heterocycles. The maximum absolute atomic E-state index is 12.9. The summed E-state index contributed by atoms with van der Waals surface area (Å²) in [5, 5.41) is 10.9. The minimum absolute atomic E-state index is 0.0247. The molecule has 9 heteroatoms. The van der Waals surface area contributed by atoms with Crippen LogP contribution in [0, 0.1) is 0 Å². The molecule has 0 saturated carbocycles. The van der Waals surface area contributed by atoms with Crippen LogP contribution in [0.15, 0.2) is 88.7 Å². The van der Waals surface area contributed by atoms with Crippen molar-refractivity contribution in [2.75, 3.05) is 31.5 Å². The Bertz CT molecular complexity index is 1860. The van der Waals surface area contributed by atoms with Crippen molar-refractivity contribution in [3.63, 3.8) is 0 Å². The fraction of sp³-hybridized carbons (Fsp3) is 0.129. The molecule has 40 heavy (non-hydrogen) atoms. The number of fused-ring (bicyclic) bond motifs is 3. The molecule has 0 radical (unpaired) electrons. The molecule has 0 aliphatic carbocycles. The Morgan fingerprint density at radius 3 is 2.50 bits per heavy atom. The second-order valence-electron chi connectivity index (χ2n) is 9.71. The summed E-state index contributed by atoms with van der Waals surface area (Å²) < 4.78 is 5.85. The minimum atomic E-state index is -0.372. The van der Waals surface area contributed by atoms with E-state index in [1.807, 2.05) is 40.6 Å². The number of hydrogen-bond donors (Lipinski definition) is 3. The van der Waals surface area contributed by atoms with E-state index in [2.05, 4.69) is 44.9 Å². The van der Waals surface area contributed by atoms with Gasteiger partial charge in [0.25, 0.3) is 11.8 Å². The number of piperazine rings is 1. The number of carbonyl (C=O) groups is 2. The molecule has 7 rings (SSSR count). The first-order valence-electron chi connectivity index (χ1n) is 13.1. The van der Waals surface area contributed by atoms with Gasteiger partial charge in [0.05, 0.1) is 5.69 Å². The number of nitrogens with zero attached hydrogens (tertiary/aromatic N) is 2. The summed E-state index contributed by atoms with van der Waals surface area (Å²) in [6.07, 6.45) is 0. The fourth-order valence-electron chi connectivity index (χ4n) is 5.08. The van der Waals surface area contributed by atoms with Crippen molar-refractivity contribution in [1.82, 2.24) is 20.2 Å². The average molecular weight is 548 g/mol. The van der Waals surface area contributed by atoms with Crippen LogP contribution in [0.4, 0.5) is 5.13 Å². The zero-order chi connectivity index (χ0) is 27.1. The van der Waals surface area contributed by atoms with Gasteiger partial charge >= 0.3 is 0 Å².